The van der Waals surface area contributed by atoms with E-state index in [1.54, 1.807) is 13.8 Å². The molecule has 0 spiro atoms. The highest BCUT2D eigenvalue weighted by molar-refractivity contribution is 5.87. The van der Waals surface area contributed by atoms with E-state index in [0.717, 1.165) is 5.56 Å². The lowest BCUT2D eigenvalue weighted by atomic mass is 9.83. The number of carboxylic acids is 1. The van der Waals surface area contributed by atoms with Crippen molar-refractivity contribution in [3.63, 3.8) is 0 Å². The van der Waals surface area contributed by atoms with Crippen molar-refractivity contribution in [1.82, 2.24) is 5.32 Å². The number of rotatable bonds is 6. The minimum atomic E-state index is -1.46. The molecular weight excluding hydrogens is 258 g/mol. The molecule has 1 rings (SSSR count). The molecule has 0 aromatic heterocycles. The number of hydrogen-bond acceptors (Lipinski definition) is 3. The number of aliphatic hydroxyl groups is 1. The molecule has 0 aliphatic rings. The molecule has 1 unspecified atom stereocenters. The average molecular weight is 279 g/mol. The Morgan fingerprint density at radius 3 is 2.20 bits per heavy atom. The number of carbonyl (C=O) groups is 2. The van der Waals surface area contributed by atoms with Gasteiger partial charge in [0.05, 0.1) is 17.4 Å². The van der Waals surface area contributed by atoms with Crippen molar-refractivity contribution >= 4 is 11.9 Å². The van der Waals surface area contributed by atoms with Gasteiger partial charge in [-0.1, -0.05) is 30.3 Å². The third-order valence-corrected chi connectivity index (χ3v) is 3.22. The summed E-state index contributed by atoms with van der Waals surface area (Å²) in [6.45, 7) is 4.85. The van der Waals surface area contributed by atoms with E-state index in [9.17, 15) is 14.7 Å². The number of amides is 1. The Labute approximate surface area is 118 Å². The SMILES string of the molecule is CC(O)(CNC(=O)C(C)(C)c1ccccc1)CC(=O)O. The fourth-order valence-electron chi connectivity index (χ4n) is 1.87. The Kier molecular flexibility index (Phi) is 4.89. The van der Waals surface area contributed by atoms with E-state index >= 15 is 0 Å². The van der Waals surface area contributed by atoms with Gasteiger partial charge in [-0.05, 0) is 26.3 Å². The van der Waals surface area contributed by atoms with Gasteiger partial charge in [0.1, 0.15) is 0 Å². The van der Waals surface area contributed by atoms with Crippen LogP contribution >= 0.6 is 0 Å². The molecule has 0 fully saturated rings. The van der Waals surface area contributed by atoms with Gasteiger partial charge in [0, 0.05) is 6.54 Å². The summed E-state index contributed by atoms with van der Waals surface area (Å²) in [5.41, 5.74) is -1.36. The van der Waals surface area contributed by atoms with Gasteiger partial charge in [-0.3, -0.25) is 9.59 Å². The van der Waals surface area contributed by atoms with Gasteiger partial charge in [-0.2, -0.15) is 0 Å². The van der Waals surface area contributed by atoms with Crippen molar-refractivity contribution in [2.45, 2.75) is 38.2 Å². The predicted molar refractivity (Wildman–Crippen MR) is 75.4 cm³/mol. The minimum Gasteiger partial charge on any atom is -0.481 e. The first-order chi connectivity index (χ1) is 9.15. The van der Waals surface area contributed by atoms with Crippen LogP contribution in [0.4, 0.5) is 0 Å². The first-order valence-electron chi connectivity index (χ1n) is 6.43. The number of carboxylic acid groups (broad SMARTS) is 1. The van der Waals surface area contributed by atoms with Gasteiger partial charge in [0.2, 0.25) is 5.91 Å². The molecule has 0 aliphatic heterocycles. The summed E-state index contributed by atoms with van der Waals surface area (Å²) in [5.74, 6) is -1.36. The summed E-state index contributed by atoms with van der Waals surface area (Å²) < 4.78 is 0. The topological polar surface area (TPSA) is 86.6 Å². The van der Waals surface area contributed by atoms with Crippen LogP contribution in [-0.4, -0.2) is 34.2 Å². The standard InChI is InChI=1S/C15H21NO4/c1-14(2,11-7-5-4-6-8-11)13(19)16-10-15(3,20)9-12(17)18/h4-8,20H,9-10H2,1-3H3,(H,16,19)(H,17,18). The van der Waals surface area contributed by atoms with Gasteiger partial charge in [0.25, 0.3) is 0 Å². The second-order valence-electron chi connectivity index (χ2n) is 5.74. The second-order valence-corrected chi connectivity index (χ2v) is 5.74. The Bertz CT molecular complexity index is 480. The zero-order chi connectivity index (χ0) is 15.4. The molecule has 20 heavy (non-hydrogen) atoms. The smallest absolute Gasteiger partial charge is 0.306 e. The average Bonchev–Trinajstić information content (AvgIpc) is 2.35. The maximum absolute atomic E-state index is 12.2. The monoisotopic (exact) mass is 279 g/mol. The zero-order valence-corrected chi connectivity index (χ0v) is 12.0. The van der Waals surface area contributed by atoms with E-state index in [1.807, 2.05) is 30.3 Å². The van der Waals surface area contributed by atoms with Gasteiger partial charge >= 0.3 is 5.97 Å². The first-order valence-corrected chi connectivity index (χ1v) is 6.43. The number of benzene rings is 1. The van der Waals surface area contributed by atoms with Crippen molar-refractivity contribution in [3.05, 3.63) is 35.9 Å². The van der Waals surface area contributed by atoms with Crippen LogP contribution in [0.25, 0.3) is 0 Å². The Hall–Kier alpha value is -1.88. The van der Waals surface area contributed by atoms with Crippen LogP contribution in [-0.2, 0) is 15.0 Å². The molecule has 1 aromatic carbocycles. The summed E-state index contributed by atoms with van der Waals surface area (Å²) >= 11 is 0. The van der Waals surface area contributed by atoms with Gasteiger partial charge in [0.15, 0.2) is 0 Å². The molecule has 3 N–H and O–H groups in total. The third-order valence-electron chi connectivity index (χ3n) is 3.22. The summed E-state index contributed by atoms with van der Waals surface area (Å²) in [6.07, 6.45) is -0.418. The van der Waals surface area contributed by atoms with E-state index < -0.39 is 23.4 Å². The number of hydrogen-bond donors (Lipinski definition) is 3. The quantitative estimate of drug-likeness (QED) is 0.732. The van der Waals surface area contributed by atoms with E-state index in [1.165, 1.54) is 6.92 Å². The molecule has 1 aromatic rings. The van der Waals surface area contributed by atoms with Crippen molar-refractivity contribution in [2.75, 3.05) is 6.54 Å². The second kappa shape index (κ2) is 6.05. The van der Waals surface area contributed by atoms with Gasteiger partial charge < -0.3 is 15.5 Å². The maximum Gasteiger partial charge on any atom is 0.306 e. The highest BCUT2D eigenvalue weighted by Gasteiger charge is 2.32. The molecule has 0 bridgehead atoms. The molecule has 0 radical (unpaired) electrons. The minimum absolute atomic E-state index is 0.103. The highest BCUT2D eigenvalue weighted by atomic mass is 16.4. The van der Waals surface area contributed by atoms with E-state index in [-0.39, 0.29) is 12.5 Å². The maximum atomic E-state index is 12.2. The number of nitrogens with one attached hydrogen (secondary N) is 1. The van der Waals surface area contributed by atoms with Crippen molar-refractivity contribution in [1.29, 1.82) is 0 Å². The molecule has 0 heterocycles. The molecular formula is C15H21NO4. The molecule has 1 amide bonds. The van der Waals surface area contributed by atoms with Crippen LogP contribution in [0.1, 0.15) is 32.8 Å². The largest absolute Gasteiger partial charge is 0.481 e. The predicted octanol–water partition coefficient (Wildman–Crippen LogP) is 1.31. The lowest BCUT2D eigenvalue weighted by molar-refractivity contribution is -0.142. The Balaban J connectivity index is 2.69. The Morgan fingerprint density at radius 2 is 1.70 bits per heavy atom. The van der Waals surface area contributed by atoms with Crippen LogP contribution in [0.3, 0.4) is 0 Å². The van der Waals surface area contributed by atoms with Crippen LogP contribution in [0.5, 0.6) is 0 Å². The van der Waals surface area contributed by atoms with E-state index in [4.69, 9.17) is 5.11 Å². The van der Waals surface area contributed by atoms with Crippen LogP contribution in [0.2, 0.25) is 0 Å². The van der Waals surface area contributed by atoms with Crippen molar-refractivity contribution in [2.24, 2.45) is 0 Å². The zero-order valence-electron chi connectivity index (χ0n) is 12.0. The summed E-state index contributed by atoms with van der Waals surface area (Å²) in [5, 5.41) is 21.2. The highest BCUT2D eigenvalue weighted by Crippen LogP contribution is 2.23. The molecule has 1 atom stereocenters. The molecule has 110 valence electrons. The van der Waals surface area contributed by atoms with Crippen LogP contribution in [0.15, 0.2) is 30.3 Å². The molecule has 5 heteroatoms. The fourth-order valence-corrected chi connectivity index (χ4v) is 1.87. The van der Waals surface area contributed by atoms with Gasteiger partial charge in [-0.25, -0.2) is 0 Å². The molecule has 0 aliphatic carbocycles. The van der Waals surface area contributed by atoms with E-state index in [0.29, 0.717) is 0 Å². The van der Waals surface area contributed by atoms with Gasteiger partial charge in [-0.15, -0.1) is 0 Å². The van der Waals surface area contributed by atoms with E-state index in [2.05, 4.69) is 5.32 Å². The van der Waals surface area contributed by atoms with Crippen LogP contribution < -0.4 is 5.32 Å². The van der Waals surface area contributed by atoms with Crippen molar-refractivity contribution < 1.29 is 19.8 Å². The molecule has 0 saturated heterocycles. The lowest BCUT2D eigenvalue weighted by Crippen LogP contribution is -2.47. The Morgan fingerprint density at radius 1 is 1.15 bits per heavy atom. The summed E-state index contributed by atoms with van der Waals surface area (Å²) in [7, 11) is 0. The lowest BCUT2D eigenvalue weighted by Gasteiger charge is -2.27. The number of aliphatic carboxylic acids is 1. The first kappa shape index (κ1) is 16.2. The summed E-state index contributed by atoms with van der Waals surface area (Å²) in [6, 6.07) is 9.29. The summed E-state index contributed by atoms with van der Waals surface area (Å²) in [4.78, 5) is 22.8. The molecule has 0 saturated carbocycles. The third kappa shape index (κ3) is 4.35. The molecule has 5 nitrogen and oxygen atoms in total. The number of carbonyl (C=O) groups excluding carboxylic acids is 1. The van der Waals surface area contributed by atoms with Crippen LogP contribution in [0, 0.1) is 0 Å². The fraction of sp³-hybridized carbons (Fsp3) is 0.467. The normalized spacial score (nSPS) is 14.4. The van der Waals surface area contributed by atoms with Crippen molar-refractivity contribution in [3.8, 4) is 0 Å².